The fraction of sp³-hybridized carbons (Fsp3) is 0.375. The minimum absolute atomic E-state index is 0.0926. The summed E-state index contributed by atoms with van der Waals surface area (Å²) in [6.07, 6.45) is 4.77. The summed E-state index contributed by atoms with van der Waals surface area (Å²) in [6, 6.07) is 0. The molecular weight excluding hydrogens is 112 g/mol. The van der Waals surface area contributed by atoms with Crippen molar-refractivity contribution in [3.8, 4) is 0 Å². The minimum atomic E-state index is 0.0926. The zero-order chi connectivity index (χ0) is 6.43. The van der Waals surface area contributed by atoms with Crippen LogP contribution in [0.4, 0.5) is 0 Å². The second kappa shape index (κ2) is 1.35. The van der Waals surface area contributed by atoms with E-state index >= 15 is 0 Å². The summed E-state index contributed by atoms with van der Waals surface area (Å²) >= 11 is 0. The fourth-order valence-electron chi connectivity index (χ4n) is 1.58. The second-order valence-electron chi connectivity index (χ2n) is 2.71. The standard InChI is InChI=1S/C8H8O/c1-5-6-2-3-7(5)8(9)4-6/h2-3,6-7H,1,4H2. The van der Waals surface area contributed by atoms with E-state index in [9.17, 15) is 4.79 Å². The molecule has 0 saturated heterocycles. The van der Waals surface area contributed by atoms with E-state index in [0.717, 1.165) is 5.57 Å². The molecule has 0 spiro atoms. The number of rotatable bonds is 0. The number of Topliss-reactive ketones (excluding diaryl/α,β-unsaturated/α-hetero) is 1. The quantitative estimate of drug-likeness (QED) is 0.440. The van der Waals surface area contributed by atoms with Crippen LogP contribution in [-0.2, 0) is 4.79 Å². The van der Waals surface area contributed by atoms with Gasteiger partial charge in [0.2, 0.25) is 0 Å². The topological polar surface area (TPSA) is 17.1 Å². The highest BCUT2D eigenvalue weighted by molar-refractivity contribution is 5.91. The predicted molar refractivity (Wildman–Crippen MR) is 34.9 cm³/mol. The molecule has 0 radical (unpaired) electrons. The summed E-state index contributed by atoms with van der Waals surface area (Å²) in [4.78, 5) is 10.9. The van der Waals surface area contributed by atoms with Gasteiger partial charge in [0.15, 0.2) is 0 Å². The molecular formula is C8H8O. The van der Waals surface area contributed by atoms with Gasteiger partial charge in [-0.1, -0.05) is 24.3 Å². The van der Waals surface area contributed by atoms with Crippen LogP contribution in [0.2, 0.25) is 0 Å². The van der Waals surface area contributed by atoms with E-state index in [-0.39, 0.29) is 5.92 Å². The Morgan fingerprint density at radius 2 is 2.33 bits per heavy atom. The molecule has 1 heteroatoms. The number of hydrogen-bond acceptors (Lipinski definition) is 1. The van der Waals surface area contributed by atoms with Gasteiger partial charge in [-0.2, -0.15) is 0 Å². The lowest BCUT2D eigenvalue weighted by Gasteiger charge is -1.95. The first kappa shape index (κ1) is 4.98. The SMILES string of the molecule is C=C1C2C=CC1C(=O)C2. The summed E-state index contributed by atoms with van der Waals surface area (Å²) in [7, 11) is 0. The molecule has 9 heavy (non-hydrogen) atoms. The van der Waals surface area contributed by atoms with Crippen molar-refractivity contribution < 1.29 is 4.79 Å². The summed E-state index contributed by atoms with van der Waals surface area (Å²) in [6.45, 7) is 3.85. The highest BCUT2D eigenvalue weighted by Crippen LogP contribution is 2.39. The highest BCUT2D eigenvalue weighted by atomic mass is 16.1. The van der Waals surface area contributed by atoms with Gasteiger partial charge in [0, 0.05) is 12.3 Å². The van der Waals surface area contributed by atoms with Crippen LogP contribution in [0.5, 0.6) is 0 Å². The van der Waals surface area contributed by atoms with Gasteiger partial charge in [-0.05, 0) is 0 Å². The van der Waals surface area contributed by atoms with Gasteiger partial charge in [0.25, 0.3) is 0 Å². The van der Waals surface area contributed by atoms with Gasteiger partial charge >= 0.3 is 0 Å². The van der Waals surface area contributed by atoms with Gasteiger partial charge < -0.3 is 0 Å². The first-order chi connectivity index (χ1) is 4.29. The average Bonchev–Trinajstić information content (AvgIpc) is 2.25. The van der Waals surface area contributed by atoms with Crippen molar-refractivity contribution in [1.29, 1.82) is 0 Å². The van der Waals surface area contributed by atoms with Crippen molar-refractivity contribution in [2.75, 3.05) is 0 Å². The molecule has 0 aliphatic heterocycles. The van der Waals surface area contributed by atoms with Crippen molar-refractivity contribution >= 4 is 5.78 Å². The van der Waals surface area contributed by atoms with E-state index in [2.05, 4.69) is 12.7 Å². The molecule has 1 saturated carbocycles. The molecule has 2 rings (SSSR count). The summed E-state index contributed by atoms with van der Waals surface area (Å²) in [5.41, 5.74) is 1.11. The molecule has 2 aliphatic carbocycles. The maximum atomic E-state index is 10.9. The van der Waals surface area contributed by atoms with Crippen molar-refractivity contribution in [2.24, 2.45) is 11.8 Å². The van der Waals surface area contributed by atoms with Crippen LogP contribution in [0.25, 0.3) is 0 Å². The third kappa shape index (κ3) is 0.467. The number of allylic oxidation sites excluding steroid dienone is 3. The summed E-state index contributed by atoms with van der Waals surface area (Å²) < 4.78 is 0. The zero-order valence-electron chi connectivity index (χ0n) is 5.13. The van der Waals surface area contributed by atoms with Crippen LogP contribution >= 0.6 is 0 Å². The van der Waals surface area contributed by atoms with Gasteiger partial charge in [-0.3, -0.25) is 4.79 Å². The maximum absolute atomic E-state index is 10.9. The van der Waals surface area contributed by atoms with Gasteiger partial charge in [0.05, 0.1) is 5.92 Å². The number of hydrogen-bond donors (Lipinski definition) is 0. The molecule has 1 fully saturated rings. The smallest absolute Gasteiger partial charge is 0.144 e. The number of carbonyl (C=O) groups is 1. The maximum Gasteiger partial charge on any atom is 0.144 e. The van der Waals surface area contributed by atoms with Crippen LogP contribution < -0.4 is 0 Å². The number of ketones is 1. The fourth-order valence-corrected chi connectivity index (χ4v) is 1.58. The lowest BCUT2D eigenvalue weighted by molar-refractivity contribution is -0.119. The predicted octanol–water partition coefficient (Wildman–Crippen LogP) is 1.32. The largest absolute Gasteiger partial charge is 0.299 e. The Bertz CT molecular complexity index is 213. The number of fused-ring (bicyclic) bond motifs is 2. The first-order valence-electron chi connectivity index (χ1n) is 3.19. The van der Waals surface area contributed by atoms with Crippen LogP contribution in [0, 0.1) is 11.8 Å². The molecule has 2 aliphatic rings. The minimum Gasteiger partial charge on any atom is -0.299 e. The van der Waals surface area contributed by atoms with E-state index < -0.39 is 0 Å². The lowest BCUT2D eigenvalue weighted by atomic mass is 10.1. The Labute approximate surface area is 54.1 Å². The normalized spacial score (nSPS) is 38.7. The van der Waals surface area contributed by atoms with Crippen molar-refractivity contribution in [1.82, 2.24) is 0 Å². The molecule has 2 atom stereocenters. The van der Waals surface area contributed by atoms with Crippen LogP contribution in [0.15, 0.2) is 24.3 Å². The van der Waals surface area contributed by atoms with Crippen LogP contribution in [0.1, 0.15) is 6.42 Å². The Morgan fingerprint density at radius 1 is 1.56 bits per heavy atom. The van der Waals surface area contributed by atoms with E-state index in [1.165, 1.54) is 0 Å². The second-order valence-corrected chi connectivity index (χ2v) is 2.71. The van der Waals surface area contributed by atoms with E-state index in [0.29, 0.717) is 18.1 Å². The zero-order valence-corrected chi connectivity index (χ0v) is 5.13. The van der Waals surface area contributed by atoms with Crippen molar-refractivity contribution in [3.63, 3.8) is 0 Å². The van der Waals surface area contributed by atoms with Crippen molar-refractivity contribution in [2.45, 2.75) is 6.42 Å². The van der Waals surface area contributed by atoms with E-state index in [1.807, 2.05) is 6.08 Å². The molecule has 0 aromatic heterocycles. The molecule has 0 aromatic rings. The van der Waals surface area contributed by atoms with Gasteiger partial charge in [-0.25, -0.2) is 0 Å². The Morgan fingerprint density at radius 3 is 2.56 bits per heavy atom. The molecule has 0 amide bonds. The molecule has 0 N–H and O–H groups in total. The number of carbonyl (C=O) groups excluding carboxylic acids is 1. The first-order valence-corrected chi connectivity index (χ1v) is 3.19. The molecule has 2 bridgehead atoms. The Balaban J connectivity index is 2.46. The summed E-state index contributed by atoms with van der Waals surface area (Å²) in [5, 5.41) is 0. The third-order valence-corrected chi connectivity index (χ3v) is 2.18. The molecule has 2 unspecified atom stereocenters. The molecule has 46 valence electrons. The average molecular weight is 120 g/mol. The summed E-state index contributed by atoms with van der Waals surface area (Å²) in [5.74, 6) is 0.838. The third-order valence-electron chi connectivity index (χ3n) is 2.18. The highest BCUT2D eigenvalue weighted by Gasteiger charge is 2.37. The van der Waals surface area contributed by atoms with Crippen LogP contribution in [-0.4, -0.2) is 5.78 Å². The molecule has 1 nitrogen and oxygen atoms in total. The lowest BCUT2D eigenvalue weighted by Crippen LogP contribution is -2.03. The molecule has 0 aromatic carbocycles. The van der Waals surface area contributed by atoms with Gasteiger partial charge in [0.1, 0.15) is 5.78 Å². The van der Waals surface area contributed by atoms with Gasteiger partial charge in [-0.15, -0.1) is 0 Å². The van der Waals surface area contributed by atoms with E-state index in [1.54, 1.807) is 0 Å². The van der Waals surface area contributed by atoms with E-state index in [4.69, 9.17) is 0 Å². The monoisotopic (exact) mass is 120 g/mol. The molecule has 0 heterocycles. The Kier molecular flexibility index (Phi) is 0.747. The Hall–Kier alpha value is -0.850. The van der Waals surface area contributed by atoms with Crippen molar-refractivity contribution in [3.05, 3.63) is 24.3 Å². The van der Waals surface area contributed by atoms with Crippen LogP contribution in [0.3, 0.4) is 0 Å².